The molecule has 0 aliphatic carbocycles. The average Bonchev–Trinajstić information content (AvgIpc) is 2.95. The van der Waals surface area contributed by atoms with Crippen LogP contribution in [0.1, 0.15) is 27.2 Å². The molecular formula is C14H21N5. The number of nitrogens with one attached hydrogen (secondary N) is 1. The van der Waals surface area contributed by atoms with Crippen molar-refractivity contribution in [1.82, 2.24) is 14.4 Å². The topological polar surface area (TPSA) is 45.5 Å². The molecule has 19 heavy (non-hydrogen) atoms. The Morgan fingerprint density at radius 1 is 1.42 bits per heavy atom. The lowest BCUT2D eigenvalue weighted by atomic mass is 10.1. The third-order valence-electron chi connectivity index (χ3n) is 3.77. The average molecular weight is 259 g/mol. The molecule has 0 spiro atoms. The SMILES string of the molecule is CCNc1cn2ccnc2c(N2CC(C)CC2C)n1. The Kier molecular flexibility index (Phi) is 3.05. The molecule has 2 unspecified atom stereocenters. The van der Waals surface area contributed by atoms with Crippen LogP contribution < -0.4 is 10.2 Å². The monoisotopic (exact) mass is 259 g/mol. The van der Waals surface area contributed by atoms with Gasteiger partial charge in [-0.1, -0.05) is 6.92 Å². The summed E-state index contributed by atoms with van der Waals surface area (Å²) < 4.78 is 2.05. The molecule has 1 fully saturated rings. The zero-order chi connectivity index (χ0) is 13.4. The van der Waals surface area contributed by atoms with Gasteiger partial charge in [0.05, 0.1) is 6.20 Å². The van der Waals surface area contributed by atoms with Crippen molar-refractivity contribution in [3.8, 4) is 0 Å². The summed E-state index contributed by atoms with van der Waals surface area (Å²) in [5.74, 6) is 2.63. The van der Waals surface area contributed by atoms with Crippen molar-refractivity contribution in [2.75, 3.05) is 23.3 Å². The van der Waals surface area contributed by atoms with Crippen LogP contribution in [0.2, 0.25) is 0 Å². The van der Waals surface area contributed by atoms with E-state index in [4.69, 9.17) is 4.98 Å². The van der Waals surface area contributed by atoms with Crippen molar-refractivity contribution >= 4 is 17.3 Å². The predicted octanol–water partition coefficient (Wildman–Crippen LogP) is 2.40. The van der Waals surface area contributed by atoms with Crippen LogP contribution in [0.15, 0.2) is 18.6 Å². The molecule has 0 saturated carbocycles. The fourth-order valence-corrected chi connectivity index (χ4v) is 2.97. The molecular weight excluding hydrogens is 238 g/mol. The van der Waals surface area contributed by atoms with Crippen LogP contribution in [-0.4, -0.2) is 33.5 Å². The first-order chi connectivity index (χ1) is 9.19. The van der Waals surface area contributed by atoms with Crippen LogP contribution in [0.5, 0.6) is 0 Å². The second-order valence-corrected chi connectivity index (χ2v) is 5.48. The summed E-state index contributed by atoms with van der Waals surface area (Å²) in [6, 6.07) is 0.528. The second-order valence-electron chi connectivity index (χ2n) is 5.48. The molecule has 1 saturated heterocycles. The van der Waals surface area contributed by atoms with E-state index >= 15 is 0 Å². The van der Waals surface area contributed by atoms with E-state index in [1.54, 1.807) is 0 Å². The Morgan fingerprint density at radius 3 is 2.95 bits per heavy atom. The van der Waals surface area contributed by atoms with Gasteiger partial charge >= 0.3 is 0 Å². The number of hydrogen-bond donors (Lipinski definition) is 1. The highest BCUT2D eigenvalue weighted by atomic mass is 15.3. The minimum absolute atomic E-state index is 0.528. The largest absolute Gasteiger partial charge is 0.369 e. The number of nitrogens with zero attached hydrogens (tertiary/aromatic N) is 4. The van der Waals surface area contributed by atoms with Crippen LogP contribution in [0, 0.1) is 5.92 Å². The van der Waals surface area contributed by atoms with Gasteiger partial charge in [0.2, 0.25) is 0 Å². The number of anilines is 2. The molecule has 3 heterocycles. The van der Waals surface area contributed by atoms with Crippen LogP contribution in [0.4, 0.5) is 11.6 Å². The Balaban J connectivity index is 2.07. The molecule has 0 aromatic carbocycles. The molecule has 2 atom stereocenters. The van der Waals surface area contributed by atoms with Crippen molar-refractivity contribution in [3.05, 3.63) is 18.6 Å². The molecule has 0 bridgehead atoms. The molecule has 1 N–H and O–H groups in total. The highest BCUT2D eigenvalue weighted by molar-refractivity contribution is 5.67. The van der Waals surface area contributed by atoms with E-state index in [-0.39, 0.29) is 0 Å². The van der Waals surface area contributed by atoms with Crippen LogP contribution in [-0.2, 0) is 0 Å². The number of rotatable bonds is 3. The van der Waals surface area contributed by atoms with E-state index in [1.807, 2.05) is 18.6 Å². The number of aromatic nitrogens is 3. The standard InChI is InChI=1S/C14H21N5/c1-4-15-12-9-18-6-5-16-13(18)14(17-12)19-8-10(2)7-11(19)3/h5-6,9-11,15H,4,7-8H2,1-3H3. The third-order valence-corrected chi connectivity index (χ3v) is 3.77. The maximum Gasteiger partial charge on any atom is 0.180 e. The van der Waals surface area contributed by atoms with Crippen molar-refractivity contribution < 1.29 is 0 Å². The van der Waals surface area contributed by atoms with Gasteiger partial charge in [-0.2, -0.15) is 0 Å². The number of fused-ring (bicyclic) bond motifs is 1. The van der Waals surface area contributed by atoms with E-state index in [0.29, 0.717) is 6.04 Å². The Morgan fingerprint density at radius 2 is 2.26 bits per heavy atom. The molecule has 0 radical (unpaired) electrons. The Labute approximate surface area is 113 Å². The van der Waals surface area contributed by atoms with Crippen molar-refractivity contribution in [3.63, 3.8) is 0 Å². The number of hydrogen-bond acceptors (Lipinski definition) is 4. The molecule has 5 nitrogen and oxygen atoms in total. The lowest BCUT2D eigenvalue weighted by Crippen LogP contribution is -2.28. The summed E-state index contributed by atoms with van der Waals surface area (Å²) >= 11 is 0. The smallest absolute Gasteiger partial charge is 0.180 e. The summed E-state index contributed by atoms with van der Waals surface area (Å²) in [6.07, 6.45) is 7.03. The fourth-order valence-electron chi connectivity index (χ4n) is 2.97. The van der Waals surface area contributed by atoms with E-state index in [0.717, 1.165) is 36.3 Å². The zero-order valence-electron chi connectivity index (χ0n) is 11.8. The minimum Gasteiger partial charge on any atom is -0.369 e. The number of imidazole rings is 1. The van der Waals surface area contributed by atoms with Gasteiger partial charge < -0.3 is 14.6 Å². The van der Waals surface area contributed by atoms with E-state index in [1.165, 1.54) is 6.42 Å². The molecule has 2 aromatic rings. The third kappa shape index (κ3) is 2.13. The van der Waals surface area contributed by atoms with Crippen LogP contribution >= 0.6 is 0 Å². The lowest BCUT2D eigenvalue weighted by molar-refractivity contribution is 0.625. The maximum atomic E-state index is 4.76. The second kappa shape index (κ2) is 4.72. The van der Waals surface area contributed by atoms with Crippen molar-refractivity contribution in [2.24, 2.45) is 5.92 Å². The molecule has 0 amide bonds. The fraction of sp³-hybridized carbons (Fsp3) is 0.571. The first-order valence-corrected chi connectivity index (χ1v) is 7.03. The molecule has 5 heteroatoms. The summed E-state index contributed by atoms with van der Waals surface area (Å²) in [6.45, 7) is 8.59. The highest BCUT2D eigenvalue weighted by Gasteiger charge is 2.29. The van der Waals surface area contributed by atoms with Gasteiger partial charge in [-0.05, 0) is 26.2 Å². The van der Waals surface area contributed by atoms with E-state index < -0.39 is 0 Å². The summed E-state index contributed by atoms with van der Waals surface area (Å²) in [5.41, 5.74) is 0.947. The van der Waals surface area contributed by atoms with Crippen LogP contribution in [0.25, 0.3) is 5.65 Å². The normalized spacial score (nSPS) is 23.2. The van der Waals surface area contributed by atoms with E-state index in [2.05, 4.69) is 40.4 Å². The van der Waals surface area contributed by atoms with Gasteiger partial charge in [0.15, 0.2) is 11.5 Å². The first kappa shape index (κ1) is 12.3. The van der Waals surface area contributed by atoms with Crippen molar-refractivity contribution in [1.29, 1.82) is 0 Å². The van der Waals surface area contributed by atoms with Crippen LogP contribution in [0.3, 0.4) is 0 Å². The Hall–Kier alpha value is -1.78. The zero-order valence-corrected chi connectivity index (χ0v) is 11.8. The maximum absolute atomic E-state index is 4.76. The summed E-state index contributed by atoms with van der Waals surface area (Å²) in [5, 5.41) is 3.29. The summed E-state index contributed by atoms with van der Waals surface area (Å²) in [4.78, 5) is 11.6. The summed E-state index contributed by atoms with van der Waals surface area (Å²) in [7, 11) is 0. The molecule has 1 aliphatic rings. The van der Waals surface area contributed by atoms with Gasteiger partial charge in [0, 0.05) is 31.5 Å². The van der Waals surface area contributed by atoms with Gasteiger partial charge in [-0.25, -0.2) is 9.97 Å². The van der Waals surface area contributed by atoms with Gasteiger partial charge in [0.1, 0.15) is 5.82 Å². The predicted molar refractivity (Wildman–Crippen MR) is 77.7 cm³/mol. The van der Waals surface area contributed by atoms with Gasteiger partial charge in [-0.15, -0.1) is 0 Å². The van der Waals surface area contributed by atoms with E-state index in [9.17, 15) is 0 Å². The quantitative estimate of drug-likeness (QED) is 0.919. The van der Waals surface area contributed by atoms with Crippen molar-refractivity contribution in [2.45, 2.75) is 33.2 Å². The van der Waals surface area contributed by atoms with Gasteiger partial charge in [0.25, 0.3) is 0 Å². The minimum atomic E-state index is 0.528. The van der Waals surface area contributed by atoms with Gasteiger partial charge in [-0.3, -0.25) is 0 Å². The Bertz CT molecular complexity index is 576. The molecule has 2 aromatic heterocycles. The molecule has 102 valence electrons. The first-order valence-electron chi connectivity index (χ1n) is 7.03. The highest BCUT2D eigenvalue weighted by Crippen LogP contribution is 2.30. The lowest BCUT2D eigenvalue weighted by Gasteiger charge is -2.23. The molecule has 3 rings (SSSR count). The molecule has 1 aliphatic heterocycles.